The molecule has 0 unspecified atom stereocenters. The molecule has 0 aliphatic carbocycles. The maximum absolute atomic E-state index is 12.5. The molecule has 1 amide bonds. The molecule has 1 aromatic carbocycles. The van der Waals surface area contributed by atoms with Crippen molar-refractivity contribution in [3.63, 3.8) is 0 Å². The molecule has 6 nitrogen and oxygen atoms in total. The molecule has 1 fully saturated rings. The van der Waals surface area contributed by atoms with E-state index in [0.29, 0.717) is 28.7 Å². The fourth-order valence-electron chi connectivity index (χ4n) is 2.50. The van der Waals surface area contributed by atoms with Gasteiger partial charge >= 0.3 is 0 Å². The molecule has 1 aliphatic heterocycles. The van der Waals surface area contributed by atoms with Crippen LogP contribution < -0.4 is 5.73 Å². The van der Waals surface area contributed by atoms with Crippen LogP contribution in [-0.4, -0.2) is 49.7 Å². The summed E-state index contributed by atoms with van der Waals surface area (Å²) >= 11 is 6.86. The van der Waals surface area contributed by atoms with E-state index in [1.165, 1.54) is 10.4 Å². The third kappa shape index (κ3) is 3.41. The molecule has 0 bridgehead atoms. The van der Waals surface area contributed by atoms with Gasteiger partial charge in [-0.05, 0) is 36.4 Å². The first-order chi connectivity index (χ1) is 11.4. The highest BCUT2D eigenvalue weighted by atomic mass is 35.5. The molecule has 0 spiro atoms. The van der Waals surface area contributed by atoms with E-state index < -0.39 is 10.0 Å². The van der Waals surface area contributed by atoms with Crippen LogP contribution >= 0.6 is 22.9 Å². The zero-order valence-electron chi connectivity index (χ0n) is 12.7. The smallest absolute Gasteiger partial charge is 0.253 e. The number of thiophene rings is 1. The third-order valence-corrected chi connectivity index (χ3v) is 7.42. The predicted octanol–water partition coefficient (Wildman–Crippen LogP) is 2.13. The van der Waals surface area contributed by atoms with Gasteiger partial charge in [0.1, 0.15) is 4.21 Å². The van der Waals surface area contributed by atoms with Crippen LogP contribution in [0, 0.1) is 0 Å². The molecule has 1 aliphatic rings. The molecular formula is C15H16ClN3O3S2. The number of carbonyl (C=O) groups excluding carboxylic acids is 1. The summed E-state index contributed by atoms with van der Waals surface area (Å²) in [6.45, 7) is 1.22. The minimum atomic E-state index is -3.55. The van der Waals surface area contributed by atoms with Crippen LogP contribution in [0.4, 0.5) is 5.69 Å². The second kappa shape index (κ2) is 6.72. The van der Waals surface area contributed by atoms with Crippen LogP contribution in [0.15, 0.2) is 40.6 Å². The maximum atomic E-state index is 12.5. The summed E-state index contributed by atoms with van der Waals surface area (Å²) in [6, 6.07) is 9.78. The lowest BCUT2D eigenvalue weighted by Crippen LogP contribution is -2.50. The van der Waals surface area contributed by atoms with Crippen LogP contribution in [0.2, 0.25) is 4.34 Å². The second-order valence-electron chi connectivity index (χ2n) is 5.38. The number of hydrogen-bond donors (Lipinski definition) is 1. The van der Waals surface area contributed by atoms with E-state index in [2.05, 4.69) is 0 Å². The fraction of sp³-hybridized carbons (Fsp3) is 0.267. The van der Waals surface area contributed by atoms with E-state index in [4.69, 9.17) is 17.3 Å². The molecule has 2 heterocycles. The van der Waals surface area contributed by atoms with Gasteiger partial charge in [-0.2, -0.15) is 4.31 Å². The number of hydrogen-bond acceptors (Lipinski definition) is 5. The minimum absolute atomic E-state index is 0.119. The molecule has 128 valence electrons. The molecule has 0 radical (unpaired) electrons. The Kier molecular flexibility index (Phi) is 4.82. The van der Waals surface area contributed by atoms with Crippen molar-refractivity contribution < 1.29 is 13.2 Å². The molecule has 3 rings (SSSR count). The van der Waals surface area contributed by atoms with Gasteiger partial charge in [-0.25, -0.2) is 8.42 Å². The predicted molar refractivity (Wildman–Crippen MR) is 94.8 cm³/mol. The Morgan fingerprint density at radius 2 is 1.67 bits per heavy atom. The lowest BCUT2D eigenvalue weighted by Gasteiger charge is -2.33. The second-order valence-corrected chi connectivity index (χ2v) is 9.26. The fourth-order valence-corrected chi connectivity index (χ4v) is 5.56. The van der Waals surface area contributed by atoms with E-state index in [0.717, 1.165) is 11.3 Å². The average Bonchev–Trinajstić information content (AvgIpc) is 3.02. The van der Waals surface area contributed by atoms with Gasteiger partial charge in [0, 0.05) is 37.4 Å². The number of amides is 1. The summed E-state index contributed by atoms with van der Waals surface area (Å²) in [5.74, 6) is -0.119. The largest absolute Gasteiger partial charge is 0.399 e. The maximum Gasteiger partial charge on any atom is 0.253 e. The van der Waals surface area contributed by atoms with Crippen molar-refractivity contribution in [3.05, 3.63) is 46.3 Å². The number of anilines is 1. The number of halogens is 1. The normalized spacial score (nSPS) is 16.3. The van der Waals surface area contributed by atoms with Crippen molar-refractivity contribution in [3.8, 4) is 0 Å². The SMILES string of the molecule is Nc1ccc(C(=O)N2CCN(S(=O)(=O)c3ccc(Cl)s3)CC2)cc1. The van der Waals surface area contributed by atoms with Gasteiger partial charge in [0.2, 0.25) is 0 Å². The molecule has 0 atom stereocenters. The first-order valence-corrected chi connectivity index (χ1v) is 9.92. The Morgan fingerprint density at radius 1 is 1.04 bits per heavy atom. The van der Waals surface area contributed by atoms with Gasteiger partial charge in [0.15, 0.2) is 0 Å². The zero-order valence-corrected chi connectivity index (χ0v) is 15.1. The lowest BCUT2D eigenvalue weighted by atomic mass is 10.1. The Hall–Kier alpha value is -1.61. The van der Waals surface area contributed by atoms with Crippen LogP contribution in [0.25, 0.3) is 0 Å². The van der Waals surface area contributed by atoms with E-state index in [1.54, 1.807) is 35.2 Å². The topological polar surface area (TPSA) is 83.7 Å². The first-order valence-electron chi connectivity index (χ1n) is 7.28. The van der Waals surface area contributed by atoms with Crippen molar-refractivity contribution in [1.29, 1.82) is 0 Å². The highest BCUT2D eigenvalue weighted by Crippen LogP contribution is 2.28. The summed E-state index contributed by atoms with van der Waals surface area (Å²) in [7, 11) is -3.55. The van der Waals surface area contributed by atoms with Gasteiger partial charge in [-0.1, -0.05) is 11.6 Å². The van der Waals surface area contributed by atoms with Gasteiger partial charge in [0.25, 0.3) is 15.9 Å². The Labute approximate surface area is 149 Å². The number of nitrogens with two attached hydrogens (primary N) is 1. The molecule has 1 aromatic heterocycles. The minimum Gasteiger partial charge on any atom is -0.399 e. The lowest BCUT2D eigenvalue weighted by molar-refractivity contribution is 0.0698. The monoisotopic (exact) mass is 385 g/mol. The van der Waals surface area contributed by atoms with E-state index >= 15 is 0 Å². The van der Waals surface area contributed by atoms with Crippen molar-refractivity contribution in [2.45, 2.75) is 4.21 Å². The van der Waals surface area contributed by atoms with Gasteiger partial charge in [0.05, 0.1) is 4.34 Å². The molecule has 2 N–H and O–H groups in total. The first kappa shape index (κ1) is 17.2. The summed E-state index contributed by atoms with van der Waals surface area (Å²) < 4.78 is 27.1. The van der Waals surface area contributed by atoms with E-state index in [-0.39, 0.29) is 23.2 Å². The van der Waals surface area contributed by atoms with E-state index in [1.807, 2.05) is 0 Å². The van der Waals surface area contributed by atoms with Crippen LogP contribution in [0.1, 0.15) is 10.4 Å². The highest BCUT2D eigenvalue weighted by molar-refractivity contribution is 7.91. The van der Waals surface area contributed by atoms with Gasteiger partial charge < -0.3 is 10.6 Å². The standard InChI is InChI=1S/C15H16ClN3O3S2/c16-13-5-6-14(23-13)24(21,22)19-9-7-18(8-10-19)15(20)11-1-3-12(17)4-2-11/h1-6H,7-10,17H2. The van der Waals surface area contributed by atoms with Gasteiger partial charge in [-0.3, -0.25) is 4.79 Å². The van der Waals surface area contributed by atoms with Crippen molar-refractivity contribution in [2.24, 2.45) is 0 Å². The Morgan fingerprint density at radius 3 is 2.21 bits per heavy atom. The summed E-state index contributed by atoms with van der Waals surface area (Å²) in [4.78, 5) is 14.1. The van der Waals surface area contributed by atoms with Crippen molar-refractivity contribution >= 4 is 44.6 Å². The average molecular weight is 386 g/mol. The number of nitrogen functional groups attached to an aromatic ring is 1. The molecule has 9 heteroatoms. The molecule has 2 aromatic rings. The summed E-state index contributed by atoms with van der Waals surface area (Å²) in [6.07, 6.45) is 0. The van der Waals surface area contributed by atoms with Crippen LogP contribution in [0.3, 0.4) is 0 Å². The van der Waals surface area contributed by atoms with Gasteiger partial charge in [-0.15, -0.1) is 11.3 Å². The number of benzene rings is 1. The highest BCUT2D eigenvalue weighted by Gasteiger charge is 2.31. The number of sulfonamides is 1. The summed E-state index contributed by atoms with van der Waals surface area (Å²) in [5, 5.41) is 0. The Balaban J connectivity index is 1.67. The summed E-state index contributed by atoms with van der Waals surface area (Å²) in [5.41, 5.74) is 6.76. The molecule has 1 saturated heterocycles. The quantitative estimate of drug-likeness (QED) is 0.820. The number of rotatable bonds is 3. The van der Waals surface area contributed by atoms with Crippen LogP contribution in [0.5, 0.6) is 0 Å². The molecule has 0 saturated carbocycles. The third-order valence-electron chi connectivity index (χ3n) is 3.83. The van der Waals surface area contributed by atoms with Crippen molar-refractivity contribution in [2.75, 3.05) is 31.9 Å². The molecular weight excluding hydrogens is 370 g/mol. The Bertz CT molecular complexity index is 841. The van der Waals surface area contributed by atoms with Crippen LogP contribution in [-0.2, 0) is 10.0 Å². The van der Waals surface area contributed by atoms with E-state index in [9.17, 15) is 13.2 Å². The number of carbonyl (C=O) groups is 1. The van der Waals surface area contributed by atoms with Crippen molar-refractivity contribution in [1.82, 2.24) is 9.21 Å². The zero-order chi connectivity index (χ0) is 17.3. The number of nitrogens with zero attached hydrogens (tertiary/aromatic N) is 2. The molecule has 24 heavy (non-hydrogen) atoms. The number of piperazine rings is 1.